The number of rotatable bonds is 11. The number of anilines is 6. The third-order valence-corrected chi connectivity index (χ3v) is 19.0. The average Bonchev–Trinajstić information content (AvgIpc) is 0.797. The van der Waals surface area contributed by atoms with Gasteiger partial charge in [-0.25, -0.2) is 15.0 Å². The number of para-hydroxylation sites is 3. The number of hydrogen-bond donors (Lipinski definition) is 0. The predicted octanol–water partition coefficient (Wildman–Crippen LogP) is 20.3. The van der Waals surface area contributed by atoms with Gasteiger partial charge >= 0.3 is 0 Å². The molecule has 2 aliphatic rings. The van der Waals surface area contributed by atoms with Gasteiger partial charge in [-0.15, -0.1) is 0 Å². The molecule has 2 aliphatic heterocycles. The fourth-order valence-electron chi connectivity index (χ4n) is 14.6. The lowest BCUT2D eigenvalue weighted by molar-refractivity contribution is 1.07. The van der Waals surface area contributed by atoms with E-state index in [0.717, 1.165) is 128 Å². The minimum atomic E-state index is -0.108. The molecule has 0 saturated heterocycles. The number of fused-ring (bicyclic) bond motifs is 7. The Morgan fingerprint density at radius 1 is 0.260 bits per heavy atom. The van der Waals surface area contributed by atoms with Crippen molar-refractivity contribution in [3.63, 3.8) is 0 Å². The Hall–Kier alpha value is -13.0. The largest absolute Gasteiger partial charge is 0.311 e. The number of hydrogen-bond acceptors (Lipinski definition) is 6. The third kappa shape index (κ3) is 9.64. The average molecular weight is 1220 g/mol. The molecule has 16 aromatic rings. The molecule has 446 valence electrons. The Balaban J connectivity index is 0.866. The molecule has 96 heavy (non-hydrogen) atoms. The third-order valence-electron chi connectivity index (χ3n) is 19.0. The van der Waals surface area contributed by atoms with E-state index in [2.05, 4.69) is 281 Å². The summed E-state index contributed by atoms with van der Waals surface area (Å²) < 4.78 is 2.24. The number of benzene rings is 14. The zero-order valence-corrected chi connectivity index (χ0v) is 52.0. The summed E-state index contributed by atoms with van der Waals surface area (Å²) in [5, 5.41) is 13.4. The molecule has 0 spiro atoms. The van der Waals surface area contributed by atoms with Crippen LogP contribution < -0.4 is 26.2 Å². The second-order valence-electron chi connectivity index (χ2n) is 24.6. The minimum Gasteiger partial charge on any atom is -0.311 e. The fourth-order valence-corrected chi connectivity index (χ4v) is 14.6. The van der Waals surface area contributed by atoms with E-state index in [9.17, 15) is 5.26 Å². The van der Waals surface area contributed by atoms with Gasteiger partial charge in [0.15, 0.2) is 17.5 Å². The molecule has 0 bridgehead atoms. The van der Waals surface area contributed by atoms with Crippen LogP contribution in [0.2, 0.25) is 0 Å². The van der Waals surface area contributed by atoms with Crippen molar-refractivity contribution >= 4 is 79.0 Å². The summed E-state index contributed by atoms with van der Waals surface area (Å²) in [6.45, 7) is -0.108. The molecule has 4 heterocycles. The van der Waals surface area contributed by atoms with Gasteiger partial charge in [0.05, 0.1) is 22.3 Å². The molecule has 0 atom stereocenters. The molecule has 0 unspecified atom stereocenters. The molecule has 0 radical (unpaired) electrons. The maximum Gasteiger partial charge on any atom is 0.252 e. The summed E-state index contributed by atoms with van der Waals surface area (Å²) >= 11 is 0. The second-order valence-corrected chi connectivity index (χ2v) is 24.6. The molecule has 8 heteroatoms. The smallest absolute Gasteiger partial charge is 0.252 e. The molecule has 0 N–H and O–H groups in total. The van der Waals surface area contributed by atoms with Gasteiger partial charge in [0, 0.05) is 61.6 Å². The summed E-state index contributed by atoms with van der Waals surface area (Å²) in [4.78, 5) is 20.1. The van der Waals surface area contributed by atoms with Crippen LogP contribution in [0.1, 0.15) is 5.56 Å². The molecule has 14 aromatic carbocycles. The van der Waals surface area contributed by atoms with Crippen molar-refractivity contribution in [3.05, 3.63) is 345 Å². The van der Waals surface area contributed by atoms with Gasteiger partial charge in [0.1, 0.15) is 6.07 Å². The quantitative estimate of drug-likeness (QED) is 0.120. The van der Waals surface area contributed by atoms with Gasteiger partial charge in [-0.2, -0.15) is 5.26 Å². The second kappa shape index (κ2) is 23.3. The number of nitriles is 1. The van der Waals surface area contributed by atoms with E-state index in [1.807, 2.05) is 78.9 Å². The van der Waals surface area contributed by atoms with E-state index < -0.39 is 0 Å². The van der Waals surface area contributed by atoms with Crippen LogP contribution in [-0.4, -0.2) is 26.2 Å². The van der Waals surface area contributed by atoms with Gasteiger partial charge in [0.2, 0.25) is 0 Å². The van der Waals surface area contributed by atoms with Crippen LogP contribution >= 0.6 is 0 Å². The van der Waals surface area contributed by atoms with Crippen molar-refractivity contribution in [2.75, 3.05) is 9.80 Å². The Morgan fingerprint density at radius 3 is 1.09 bits per heavy atom. The van der Waals surface area contributed by atoms with Gasteiger partial charge in [-0.05, 0) is 169 Å². The predicted molar refractivity (Wildman–Crippen MR) is 396 cm³/mol. The summed E-state index contributed by atoms with van der Waals surface area (Å²) in [6, 6.07) is 124. The van der Waals surface area contributed by atoms with Gasteiger partial charge < -0.3 is 14.4 Å². The SMILES string of the molecule is N#Cc1cc(-c2nc(-c3ccccc3)nc(-c3ccccc3)n2)ccc1-n1c2ccccc2c2cc(-c3cc4c5c(c3)N(c3cc(-c6ccccc6)cc(-c6ccccc6)c3)c3ccccc3B5c3ccccc3N4c3cc(-c4ccccc4)cc(-c4ccccc4)c3)ccc21. The summed E-state index contributed by atoms with van der Waals surface area (Å²) in [6.07, 6.45) is 0. The first-order valence-corrected chi connectivity index (χ1v) is 32.5. The molecule has 2 aromatic heterocycles. The summed E-state index contributed by atoms with van der Waals surface area (Å²) in [7, 11) is 0. The Labute approximate surface area is 557 Å². The molecule has 0 fully saturated rings. The van der Waals surface area contributed by atoms with Crippen molar-refractivity contribution in [1.29, 1.82) is 5.26 Å². The van der Waals surface area contributed by atoms with Crippen LogP contribution in [0, 0.1) is 11.3 Å². The van der Waals surface area contributed by atoms with Crippen LogP contribution in [0.4, 0.5) is 34.1 Å². The summed E-state index contributed by atoms with van der Waals surface area (Å²) in [5.74, 6) is 1.60. The van der Waals surface area contributed by atoms with Crippen molar-refractivity contribution < 1.29 is 0 Å². The van der Waals surface area contributed by atoms with E-state index in [-0.39, 0.29) is 6.71 Å². The molecule has 18 rings (SSSR count). The molecular weight excluding hydrogens is 1170 g/mol. The Bertz CT molecular complexity index is 5360. The summed E-state index contributed by atoms with van der Waals surface area (Å²) in [5.41, 5.74) is 27.2. The highest BCUT2D eigenvalue weighted by Gasteiger charge is 2.44. The zero-order chi connectivity index (χ0) is 63.6. The molecule has 0 amide bonds. The minimum absolute atomic E-state index is 0.108. The fraction of sp³-hybridized carbons (Fsp3) is 0. The van der Waals surface area contributed by atoms with Crippen molar-refractivity contribution in [3.8, 4) is 102 Å². The lowest BCUT2D eigenvalue weighted by atomic mass is 9.33. The highest BCUT2D eigenvalue weighted by atomic mass is 15.2. The van der Waals surface area contributed by atoms with E-state index in [4.69, 9.17) is 15.0 Å². The zero-order valence-electron chi connectivity index (χ0n) is 52.0. The lowest BCUT2D eigenvalue weighted by Crippen LogP contribution is -2.61. The molecular formula is C88H56BN7. The molecule has 0 aliphatic carbocycles. The van der Waals surface area contributed by atoms with Crippen LogP contribution in [0.25, 0.3) is 117 Å². The van der Waals surface area contributed by atoms with E-state index in [0.29, 0.717) is 28.6 Å². The standard InChI is InChI=1S/C88H56BN7/c90-57-71-47-65(88-92-86(62-33-15-5-16-34-62)91-87(93-88)63-35-17-6-18-36-63)44-45-78(71)96-79-40-22-19-37-74(79)75-54-64(43-46-80(75)96)70-55-83-85-84(56-70)95(73-52-68(60-29-11-3-12-30-60)49-69(53-73)61-31-13-4-14-32-61)82-42-24-21-39-77(82)89(85)76-38-20-23-41-81(76)94(83)72-50-66(58-25-7-1-8-26-58)48-67(51-72)59-27-9-2-10-28-59/h1-56H. The van der Waals surface area contributed by atoms with E-state index in [1.165, 1.54) is 16.4 Å². The number of nitrogens with zero attached hydrogens (tertiary/aromatic N) is 7. The molecule has 7 nitrogen and oxygen atoms in total. The van der Waals surface area contributed by atoms with Crippen LogP contribution in [0.3, 0.4) is 0 Å². The van der Waals surface area contributed by atoms with Crippen molar-refractivity contribution in [1.82, 2.24) is 19.5 Å². The first-order valence-electron chi connectivity index (χ1n) is 32.5. The normalized spacial score (nSPS) is 12.1. The number of aromatic nitrogens is 4. The first-order chi connectivity index (χ1) is 47.5. The van der Waals surface area contributed by atoms with Gasteiger partial charge in [-0.3, -0.25) is 0 Å². The Morgan fingerprint density at radius 2 is 0.635 bits per heavy atom. The van der Waals surface area contributed by atoms with E-state index >= 15 is 0 Å². The maximum absolute atomic E-state index is 11.3. The lowest BCUT2D eigenvalue weighted by Gasteiger charge is -2.44. The topological polar surface area (TPSA) is 73.9 Å². The van der Waals surface area contributed by atoms with Crippen LogP contribution in [-0.2, 0) is 0 Å². The Kier molecular flexibility index (Phi) is 13.6. The highest BCUT2D eigenvalue weighted by molar-refractivity contribution is 7.00. The van der Waals surface area contributed by atoms with Crippen molar-refractivity contribution in [2.45, 2.75) is 0 Å². The first kappa shape index (κ1) is 55.9. The molecule has 0 saturated carbocycles. The maximum atomic E-state index is 11.3. The van der Waals surface area contributed by atoms with E-state index in [1.54, 1.807) is 0 Å². The van der Waals surface area contributed by atoms with Crippen LogP contribution in [0.5, 0.6) is 0 Å². The van der Waals surface area contributed by atoms with Crippen LogP contribution in [0.15, 0.2) is 340 Å². The van der Waals surface area contributed by atoms with Gasteiger partial charge in [0.25, 0.3) is 6.71 Å². The highest BCUT2D eigenvalue weighted by Crippen LogP contribution is 2.49. The van der Waals surface area contributed by atoms with Gasteiger partial charge in [-0.1, -0.05) is 243 Å². The van der Waals surface area contributed by atoms with Crippen molar-refractivity contribution in [2.24, 2.45) is 0 Å². The monoisotopic (exact) mass is 1220 g/mol.